The first-order valence-corrected chi connectivity index (χ1v) is 7.13. The maximum Gasteiger partial charge on any atom is 0.573 e. The van der Waals surface area contributed by atoms with Crippen molar-refractivity contribution in [2.45, 2.75) is 19.7 Å². The molecule has 0 amide bonds. The molecular weight excluding hydrogens is 358 g/mol. The Hall–Kier alpha value is -3.17. The van der Waals surface area contributed by atoms with Gasteiger partial charge < -0.3 is 15.6 Å². The van der Waals surface area contributed by atoms with E-state index in [0.717, 1.165) is 18.3 Å². The Morgan fingerprint density at radius 3 is 2.62 bits per heavy atom. The number of nitrogens with two attached hydrogens (primary N) is 1. The lowest BCUT2D eigenvalue weighted by atomic mass is 10.0. The van der Waals surface area contributed by atoms with Gasteiger partial charge in [-0.05, 0) is 30.2 Å². The highest BCUT2D eigenvalue weighted by atomic mass is 19.4. The zero-order valence-corrected chi connectivity index (χ0v) is 13.3. The zero-order valence-electron chi connectivity index (χ0n) is 13.3. The van der Waals surface area contributed by atoms with E-state index >= 15 is 0 Å². The zero-order chi connectivity index (χ0) is 19.5. The van der Waals surface area contributed by atoms with E-state index < -0.39 is 23.9 Å². The van der Waals surface area contributed by atoms with E-state index in [2.05, 4.69) is 14.7 Å². The van der Waals surface area contributed by atoms with E-state index in [-0.39, 0.29) is 17.8 Å². The number of halogens is 4. The highest BCUT2D eigenvalue weighted by Crippen LogP contribution is 2.27. The van der Waals surface area contributed by atoms with Crippen molar-refractivity contribution in [1.82, 2.24) is 9.97 Å². The van der Waals surface area contributed by atoms with Crippen molar-refractivity contribution in [3.63, 3.8) is 0 Å². The number of carboxylic acids is 1. The predicted octanol–water partition coefficient (Wildman–Crippen LogP) is 2.80. The van der Waals surface area contributed by atoms with Crippen molar-refractivity contribution in [2.24, 2.45) is 5.73 Å². The number of aryl methyl sites for hydroxylation is 1. The molecule has 0 fully saturated rings. The fourth-order valence-corrected chi connectivity index (χ4v) is 2.12. The minimum atomic E-state index is -5.01. The summed E-state index contributed by atoms with van der Waals surface area (Å²) in [5, 5.41) is 9.00. The third-order valence-corrected chi connectivity index (χ3v) is 3.33. The van der Waals surface area contributed by atoms with Crippen LogP contribution in [0.5, 0.6) is 5.75 Å². The van der Waals surface area contributed by atoms with Gasteiger partial charge in [0.1, 0.15) is 5.57 Å². The summed E-state index contributed by atoms with van der Waals surface area (Å²) in [7, 11) is 0. The second kappa shape index (κ2) is 7.38. The van der Waals surface area contributed by atoms with Gasteiger partial charge in [0.25, 0.3) is 0 Å². The van der Waals surface area contributed by atoms with Crippen LogP contribution in [-0.2, 0) is 11.2 Å². The predicted molar refractivity (Wildman–Crippen MR) is 82.5 cm³/mol. The standard InChI is InChI=1S/C16H13F4N3O3/c1-8-10(7-22-14(23-8)11(6-21)15(24)25)4-9-2-3-12(17)13(5-9)26-16(18,19)20/h2-3,5-7H,4,21H2,1H3,(H,24,25)/b11-6+. The van der Waals surface area contributed by atoms with E-state index in [1.54, 1.807) is 6.92 Å². The summed E-state index contributed by atoms with van der Waals surface area (Å²) in [6.45, 7) is 1.58. The number of carbonyl (C=O) groups is 1. The summed E-state index contributed by atoms with van der Waals surface area (Å²) < 4.78 is 54.0. The molecule has 0 aliphatic carbocycles. The van der Waals surface area contributed by atoms with Crippen molar-refractivity contribution in [2.75, 3.05) is 0 Å². The Labute approximate surface area is 144 Å². The monoisotopic (exact) mass is 371 g/mol. The third-order valence-electron chi connectivity index (χ3n) is 3.33. The molecule has 10 heteroatoms. The van der Waals surface area contributed by atoms with Crippen molar-refractivity contribution >= 4 is 11.5 Å². The molecule has 1 heterocycles. The summed E-state index contributed by atoms with van der Waals surface area (Å²) in [6.07, 6.45) is -2.73. The van der Waals surface area contributed by atoms with E-state index in [1.165, 1.54) is 12.3 Å². The Kier molecular flexibility index (Phi) is 5.44. The molecule has 3 N–H and O–H groups in total. The quantitative estimate of drug-likeness (QED) is 0.620. The van der Waals surface area contributed by atoms with Crippen LogP contribution in [0.1, 0.15) is 22.6 Å². The normalized spacial score (nSPS) is 12.1. The first-order valence-electron chi connectivity index (χ1n) is 7.13. The fraction of sp³-hybridized carbons (Fsp3) is 0.188. The summed E-state index contributed by atoms with van der Waals surface area (Å²) in [5.74, 6) is -3.48. The van der Waals surface area contributed by atoms with Gasteiger partial charge in [0, 0.05) is 24.5 Å². The molecule has 0 aliphatic rings. The maximum atomic E-state index is 13.5. The average molecular weight is 371 g/mol. The van der Waals surface area contributed by atoms with Gasteiger partial charge in [0.05, 0.1) is 0 Å². The highest BCUT2D eigenvalue weighted by molar-refractivity contribution is 6.13. The third kappa shape index (κ3) is 4.68. The van der Waals surface area contributed by atoms with Crippen LogP contribution in [-0.4, -0.2) is 27.4 Å². The molecule has 0 atom stereocenters. The number of aliphatic carboxylic acids is 1. The summed E-state index contributed by atoms with van der Waals surface area (Å²) in [4.78, 5) is 19.0. The Bertz CT molecular complexity index is 866. The number of hydrogen-bond acceptors (Lipinski definition) is 5. The molecule has 138 valence electrons. The van der Waals surface area contributed by atoms with Gasteiger partial charge in [-0.2, -0.15) is 0 Å². The Morgan fingerprint density at radius 1 is 1.38 bits per heavy atom. The van der Waals surface area contributed by atoms with Crippen LogP contribution < -0.4 is 10.5 Å². The Morgan fingerprint density at radius 2 is 2.08 bits per heavy atom. The second-order valence-corrected chi connectivity index (χ2v) is 5.18. The number of ether oxygens (including phenoxy) is 1. The lowest BCUT2D eigenvalue weighted by molar-refractivity contribution is -0.275. The molecule has 0 bridgehead atoms. The number of carboxylic acid groups (broad SMARTS) is 1. The molecule has 1 aromatic heterocycles. The van der Waals surface area contributed by atoms with Crippen LogP contribution in [0.15, 0.2) is 30.6 Å². The average Bonchev–Trinajstić information content (AvgIpc) is 2.52. The van der Waals surface area contributed by atoms with Crippen LogP contribution in [0.3, 0.4) is 0 Å². The molecule has 1 aromatic carbocycles. The van der Waals surface area contributed by atoms with Crippen molar-refractivity contribution in [1.29, 1.82) is 0 Å². The molecule has 0 saturated carbocycles. The second-order valence-electron chi connectivity index (χ2n) is 5.18. The van der Waals surface area contributed by atoms with Crippen LogP contribution in [0.25, 0.3) is 5.57 Å². The minimum absolute atomic E-state index is 0.0926. The van der Waals surface area contributed by atoms with Crippen LogP contribution in [0.4, 0.5) is 17.6 Å². The number of aromatic nitrogens is 2. The molecule has 2 rings (SSSR count). The summed E-state index contributed by atoms with van der Waals surface area (Å²) in [5.41, 5.74) is 6.19. The van der Waals surface area contributed by atoms with E-state index in [9.17, 15) is 22.4 Å². The molecule has 26 heavy (non-hydrogen) atoms. The number of hydrogen-bond donors (Lipinski definition) is 2. The number of alkyl halides is 3. The van der Waals surface area contributed by atoms with E-state index in [0.29, 0.717) is 16.8 Å². The first-order chi connectivity index (χ1) is 12.1. The van der Waals surface area contributed by atoms with Crippen LogP contribution >= 0.6 is 0 Å². The molecule has 6 nitrogen and oxygen atoms in total. The number of benzene rings is 1. The van der Waals surface area contributed by atoms with Gasteiger partial charge in [-0.15, -0.1) is 13.2 Å². The van der Waals surface area contributed by atoms with Gasteiger partial charge in [-0.3, -0.25) is 0 Å². The molecule has 2 aromatic rings. The van der Waals surface area contributed by atoms with Crippen molar-refractivity contribution in [3.05, 3.63) is 59.1 Å². The summed E-state index contributed by atoms with van der Waals surface area (Å²) in [6, 6.07) is 3.09. The summed E-state index contributed by atoms with van der Waals surface area (Å²) >= 11 is 0. The number of rotatable bonds is 5. The number of nitrogens with zero attached hydrogens (tertiary/aromatic N) is 2. The van der Waals surface area contributed by atoms with Gasteiger partial charge in [0.15, 0.2) is 17.4 Å². The smallest absolute Gasteiger partial charge is 0.477 e. The lowest BCUT2D eigenvalue weighted by Crippen LogP contribution is -2.18. The van der Waals surface area contributed by atoms with E-state index in [1.807, 2.05) is 0 Å². The SMILES string of the molecule is Cc1nc(/C(=C\N)C(=O)O)ncc1Cc1ccc(F)c(OC(F)(F)F)c1. The molecule has 0 aliphatic heterocycles. The molecule has 0 saturated heterocycles. The minimum Gasteiger partial charge on any atom is -0.477 e. The largest absolute Gasteiger partial charge is 0.573 e. The molecule has 0 unspecified atom stereocenters. The first kappa shape index (κ1) is 19.2. The Balaban J connectivity index is 2.29. The van der Waals surface area contributed by atoms with Gasteiger partial charge >= 0.3 is 12.3 Å². The van der Waals surface area contributed by atoms with Crippen LogP contribution in [0, 0.1) is 12.7 Å². The molecular formula is C16H13F4N3O3. The van der Waals surface area contributed by atoms with Gasteiger partial charge in [-0.25, -0.2) is 19.2 Å². The van der Waals surface area contributed by atoms with Crippen LogP contribution in [0.2, 0.25) is 0 Å². The van der Waals surface area contributed by atoms with Crippen molar-refractivity contribution < 1.29 is 32.2 Å². The maximum absolute atomic E-state index is 13.5. The van der Waals surface area contributed by atoms with Gasteiger partial charge in [0.2, 0.25) is 0 Å². The topological polar surface area (TPSA) is 98.3 Å². The van der Waals surface area contributed by atoms with E-state index in [4.69, 9.17) is 10.8 Å². The lowest BCUT2D eigenvalue weighted by Gasteiger charge is -2.12. The van der Waals surface area contributed by atoms with Gasteiger partial charge in [-0.1, -0.05) is 6.07 Å². The molecule has 0 spiro atoms. The van der Waals surface area contributed by atoms with Crippen molar-refractivity contribution in [3.8, 4) is 5.75 Å². The fourth-order valence-electron chi connectivity index (χ4n) is 2.12. The molecule has 0 radical (unpaired) electrons. The highest BCUT2D eigenvalue weighted by Gasteiger charge is 2.32.